The normalized spacial score (nSPS) is 9.80. The summed E-state index contributed by atoms with van der Waals surface area (Å²) in [6.07, 6.45) is 0. The van der Waals surface area contributed by atoms with Crippen molar-refractivity contribution >= 4 is 32.2 Å². The summed E-state index contributed by atoms with van der Waals surface area (Å²) in [6, 6.07) is 0. The molecule has 0 aliphatic carbocycles. The van der Waals surface area contributed by atoms with Gasteiger partial charge in [-0.3, -0.25) is 9.78 Å². The molecule has 0 aromatic heterocycles. The third-order valence-corrected chi connectivity index (χ3v) is 1.97. The molecule has 12 nitrogen and oxygen atoms in total. The molecule has 2 N–H and O–H groups in total. The Morgan fingerprint density at radius 3 is 1.05 bits per heavy atom. The minimum atomic E-state index is -4.62. The van der Waals surface area contributed by atoms with Crippen LogP contribution in [0.2, 0.25) is 0 Å². The van der Waals surface area contributed by atoms with Crippen molar-refractivity contribution in [2.24, 2.45) is 0 Å². The maximum atomic E-state index is 9.78. The molecule has 108 valence electrons. The van der Waals surface area contributed by atoms with E-state index in [-0.39, 0.29) is 103 Å². The maximum Gasteiger partial charge on any atom is 1.00 e. The van der Waals surface area contributed by atoms with E-state index in [2.05, 4.69) is 9.78 Å². The minimum Gasteiger partial charge on any atom is -0.748 e. The fourth-order valence-electron chi connectivity index (χ4n) is 0.341. The molecule has 0 unspecified atom stereocenters. The van der Waals surface area contributed by atoms with Gasteiger partial charge in [-0.2, -0.15) is 10.5 Å². The minimum absolute atomic E-state index is 0. The van der Waals surface area contributed by atoms with Crippen molar-refractivity contribution in [3.05, 3.63) is 0 Å². The molecule has 0 saturated carbocycles. The first-order valence-corrected chi connectivity index (χ1v) is 6.62. The van der Waals surface area contributed by atoms with Gasteiger partial charge in [0.15, 0.2) is 0 Å². The number of carbonyl (C=O) groups is 2. The van der Waals surface area contributed by atoms with E-state index in [1.807, 2.05) is 0 Å². The Morgan fingerprint density at radius 2 is 1.00 bits per heavy atom. The monoisotopic (exact) mass is 388 g/mol. The molecule has 0 aliphatic rings. The van der Waals surface area contributed by atoms with Gasteiger partial charge in [-0.15, -0.1) is 0 Å². The molecule has 0 aliphatic heterocycles. The molecule has 0 saturated heterocycles. The topological polar surface area (TPSA) is 207 Å². The quantitative estimate of drug-likeness (QED) is 0.199. The second-order valence-corrected chi connectivity index (χ2v) is 5.14. The third-order valence-electron chi connectivity index (χ3n) is 0.793. The fourth-order valence-corrected chi connectivity index (χ4v) is 1.02. The first-order chi connectivity index (χ1) is 7.91. The predicted octanol–water partition coefficient (Wildman–Crippen LogP) is -8.90. The Balaban J connectivity index is -0.000000116. The summed E-state index contributed by atoms with van der Waals surface area (Å²) < 4.78 is 57.8. The van der Waals surface area contributed by atoms with Crippen LogP contribution in [0.4, 0.5) is 0 Å². The van der Waals surface area contributed by atoms with E-state index < -0.39 is 43.7 Å². The molecule has 0 amide bonds. The molecule has 0 rings (SSSR count). The predicted molar refractivity (Wildman–Crippen MR) is 46.6 cm³/mol. The molecular weight excluding hydrogens is 382 g/mol. The second kappa shape index (κ2) is 14.5. The maximum absolute atomic E-state index is 9.78. The van der Waals surface area contributed by atoms with Gasteiger partial charge in [0.1, 0.15) is 31.7 Å². The summed E-state index contributed by atoms with van der Waals surface area (Å²) in [6.45, 7) is 0. The van der Waals surface area contributed by atoms with Crippen molar-refractivity contribution in [1.29, 1.82) is 0 Å². The molecule has 0 fully saturated rings. The Labute approximate surface area is 198 Å². The molecule has 0 bridgehead atoms. The largest absolute Gasteiger partial charge is 1.00 e. The van der Waals surface area contributed by atoms with Crippen molar-refractivity contribution in [1.82, 2.24) is 0 Å². The summed E-state index contributed by atoms with van der Waals surface area (Å²) in [7, 11) is -9.24. The summed E-state index contributed by atoms with van der Waals surface area (Å²) in [5.74, 6) is -5.65. The van der Waals surface area contributed by atoms with E-state index in [4.69, 9.17) is 10.5 Å². The molecule has 16 heteroatoms. The third kappa shape index (κ3) is 28.2. The van der Waals surface area contributed by atoms with E-state index in [0.29, 0.717) is 0 Å². The Bertz CT molecular complexity index is 434. The van der Waals surface area contributed by atoms with Crippen LogP contribution in [0.1, 0.15) is 0 Å². The van der Waals surface area contributed by atoms with Crippen molar-refractivity contribution in [2.75, 3.05) is 11.5 Å². The van der Waals surface area contributed by atoms with Crippen LogP contribution < -0.4 is 103 Å². The van der Waals surface area contributed by atoms with Crippen LogP contribution in [-0.2, 0) is 39.6 Å². The molecular formula is C4H6K2O12S2. The van der Waals surface area contributed by atoms with Gasteiger partial charge in [0.25, 0.3) is 0 Å². The van der Waals surface area contributed by atoms with E-state index in [0.717, 1.165) is 0 Å². The number of hydrogen-bond acceptors (Lipinski definition) is 12. The zero-order valence-electron chi connectivity index (χ0n) is 10.2. The van der Waals surface area contributed by atoms with Gasteiger partial charge in [0.05, 0.1) is 0 Å². The Kier molecular flexibility index (Phi) is 21.7. The molecule has 0 aromatic carbocycles. The second-order valence-electron chi connectivity index (χ2n) is 2.33. The Hall–Kier alpha value is 1.95. The zero-order chi connectivity index (χ0) is 15.0. The summed E-state index contributed by atoms with van der Waals surface area (Å²) in [4.78, 5) is 25.4. The smallest absolute Gasteiger partial charge is 0.748 e. The number of rotatable bonds is 4. The van der Waals surface area contributed by atoms with Crippen molar-refractivity contribution in [2.45, 2.75) is 0 Å². The molecule has 0 atom stereocenters. The molecule has 0 radical (unpaired) electrons. The van der Waals surface area contributed by atoms with Crippen molar-refractivity contribution in [3.63, 3.8) is 0 Å². The van der Waals surface area contributed by atoms with Crippen LogP contribution in [0.15, 0.2) is 0 Å². The summed E-state index contributed by atoms with van der Waals surface area (Å²) in [5.41, 5.74) is 0. The van der Waals surface area contributed by atoms with Crippen molar-refractivity contribution < 1.29 is 159 Å². The zero-order valence-corrected chi connectivity index (χ0v) is 18.1. The average Bonchev–Trinajstić information content (AvgIpc) is 2.13. The van der Waals surface area contributed by atoms with Crippen molar-refractivity contribution in [3.8, 4) is 0 Å². The molecule has 0 heterocycles. The van der Waals surface area contributed by atoms with E-state index in [9.17, 15) is 35.5 Å². The van der Waals surface area contributed by atoms with Crippen LogP contribution >= 0.6 is 0 Å². The molecule has 0 aromatic rings. The fraction of sp³-hybridized carbons (Fsp3) is 0.500. The van der Waals surface area contributed by atoms with Gasteiger partial charge in [-0.1, -0.05) is 0 Å². The van der Waals surface area contributed by atoms with Crippen LogP contribution in [0.25, 0.3) is 0 Å². The summed E-state index contributed by atoms with van der Waals surface area (Å²) >= 11 is 0. The van der Waals surface area contributed by atoms with Crippen LogP contribution in [0, 0.1) is 0 Å². The molecule has 20 heavy (non-hydrogen) atoms. The van der Waals surface area contributed by atoms with Gasteiger partial charge in [0, 0.05) is 0 Å². The van der Waals surface area contributed by atoms with Crippen LogP contribution in [0.5, 0.6) is 0 Å². The van der Waals surface area contributed by atoms with E-state index in [1.165, 1.54) is 0 Å². The first kappa shape index (κ1) is 29.9. The van der Waals surface area contributed by atoms with E-state index >= 15 is 0 Å². The standard InChI is InChI=1S/2C2H4O6S.2K/c2*3-2(8-4)1-9(5,6)7;;/h2*4H,1H2,(H,5,6,7);;/q;;2*+1/p-2. The van der Waals surface area contributed by atoms with Gasteiger partial charge < -0.3 is 9.11 Å². The molecule has 0 spiro atoms. The number of carbonyl (C=O) groups excluding carboxylic acids is 2. The van der Waals surface area contributed by atoms with Crippen LogP contribution in [-0.4, -0.2) is 59.9 Å². The first-order valence-electron chi connectivity index (χ1n) is 3.47. The Morgan fingerprint density at radius 1 is 0.800 bits per heavy atom. The average molecular weight is 388 g/mol. The van der Waals surface area contributed by atoms with Gasteiger partial charge in [-0.05, 0) is 0 Å². The van der Waals surface area contributed by atoms with E-state index in [1.54, 1.807) is 0 Å². The SMILES string of the molecule is O=C(CS(=O)(=O)[O-])OO.O=C(CS(=O)(=O)[O-])OO.[K+].[K+]. The number of hydrogen-bond donors (Lipinski definition) is 2. The van der Waals surface area contributed by atoms with Crippen LogP contribution in [0.3, 0.4) is 0 Å². The van der Waals surface area contributed by atoms with Gasteiger partial charge in [-0.25, -0.2) is 26.4 Å². The summed E-state index contributed by atoms with van der Waals surface area (Å²) in [5, 5.41) is 14.9. The van der Waals surface area contributed by atoms with Gasteiger partial charge >= 0.3 is 115 Å². The van der Waals surface area contributed by atoms with Gasteiger partial charge in [0.2, 0.25) is 0 Å².